The van der Waals surface area contributed by atoms with Crippen molar-refractivity contribution in [2.75, 3.05) is 6.61 Å². The summed E-state index contributed by atoms with van der Waals surface area (Å²) in [6, 6.07) is 0. The third kappa shape index (κ3) is 4.35. The highest BCUT2D eigenvalue weighted by Crippen LogP contribution is 2.34. The van der Waals surface area contributed by atoms with Crippen molar-refractivity contribution >= 4 is 0 Å². The van der Waals surface area contributed by atoms with E-state index in [-0.39, 0.29) is 11.9 Å². The highest BCUT2D eigenvalue weighted by atomic mass is 16.7. The van der Waals surface area contributed by atoms with Crippen molar-refractivity contribution < 1.29 is 9.47 Å². The van der Waals surface area contributed by atoms with Crippen LogP contribution in [0.2, 0.25) is 0 Å². The third-order valence-electron chi connectivity index (χ3n) is 2.90. The van der Waals surface area contributed by atoms with Crippen molar-refractivity contribution in [3.63, 3.8) is 0 Å². The molecule has 1 saturated heterocycles. The quantitative estimate of drug-likeness (QED) is 0.647. The second-order valence-electron chi connectivity index (χ2n) is 4.81. The van der Waals surface area contributed by atoms with Gasteiger partial charge in [0.2, 0.25) is 0 Å². The molecule has 0 N–H and O–H groups in total. The lowest BCUT2D eigenvalue weighted by atomic mass is 9.96. The summed E-state index contributed by atoms with van der Waals surface area (Å²) in [5, 5.41) is 0. The Morgan fingerprint density at radius 1 is 1.53 bits per heavy atom. The standard InChI is InChI=1S/C13H24O2/c1-5-14-12-8-10-13(4,15-12)9-6-7-11(2)3/h7,12H,5-6,8-10H2,1-4H3/t12-,13+/m0/s1. The molecule has 1 aliphatic heterocycles. The zero-order valence-electron chi connectivity index (χ0n) is 10.5. The Morgan fingerprint density at radius 2 is 2.27 bits per heavy atom. The second-order valence-corrected chi connectivity index (χ2v) is 4.81. The minimum absolute atomic E-state index is 0.0335. The Labute approximate surface area is 93.7 Å². The van der Waals surface area contributed by atoms with Crippen LogP contribution in [0.1, 0.15) is 53.4 Å². The van der Waals surface area contributed by atoms with Crippen LogP contribution in [-0.2, 0) is 9.47 Å². The summed E-state index contributed by atoms with van der Waals surface area (Å²) in [4.78, 5) is 0. The van der Waals surface area contributed by atoms with Crippen LogP contribution in [0.3, 0.4) is 0 Å². The van der Waals surface area contributed by atoms with E-state index in [1.165, 1.54) is 5.57 Å². The first kappa shape index (κ1) is 12.7. The highest BCUT2D eigenvalue weighted by Gasteiger charge is 2.35. The maximum atomic E-state index is 5.92. The van der Waals surface area contributed by atoms with Gasteiger partial charge in [-0.1, -0.05) is 11.6 Å². The van der Waals surface area contributed by atoms with Crippen molar-refractivity contribution in [3.8, 4) is 0 Å². The molecule has 0 aromatic heterocycles. The summed E-state index contributed by atoms with van der Waals surface area (Å²) >= 11 is 0. The Kier molecular flexibility index (Phi) is 4.81. The molecule has 2 heteroatoms. The van der Waals surface area contributed by atoms with Gasteiger partial charge < -0.3 is 9.47 Å². The molecule has 0 saturated carbocycles. The molecule has 0 spiro atoms. The van der Waals surface area contributed by atoms with Gasteiger partial charge in [0, 0.05) is 13.0 Å². The average molecular weight is 212 g/mol. The summed E-state index contributed by atoms with van der Waals surface area (Å²) in [6.07, 6.45) is 6.68. The fourth-order valence-corrected chi connectivity index (χ4v) is 2.01. The second kappa shape index (κ2) is 5.66. The first-order valence-electron chi connectivity index (χ1n) is 5.98. The molecule has 88 valence electrons. The lowest BCUT2D eigenvalue weighted by Crippen LogP contribution is -2.25. The lowest BCUT2D eigenvalue weighted by Gasteiger charge is -2.24. The molecule has 15 heavy (non-hydrogen) atoms. The topological polar surface area (TPSA) is 18.5 Å². The van der Waals surface area contributed by atoms with Gasteiger partial charge in [-0.15, -0.1) is 0 Å². The molecule has 0 amide bonds. The van der Waals surface area contributed by atoms with Gasteiger partial charge in [-0.05, 0) is 47.0 Å². The highest BCUT2D eigenvalue weighted by molar-refractivity contribution is 4.95. The number of ether oxygens (including phenoxy) is 2. The molecule has 1 rings (SSSR count). The van der Waals surface area contributed by atoms with Crippen LogP contribution in [0.15, 0.2) is 11.6 Å². The first-order valence-corrected chi connectivity index (χ1v) is 5.98. The number of hydrogen-bond acceptors (Lipinski definition) is 2. The average Bonchev–Trinajstić information content (AvgIpc) is 2.48. The van der Waals surface area contributed by atoms with Crippen molar-refractivity contribution in [1.82, 2.24) is 0 Å². The molecule has 1 heterocycles. The predicted molar refractivity (Wildman–Crippen MR) is 62.8 cm³/mol. The van der Waals surface area contributed by atoms with Gasteiger partial charge in [-0.2, -0.15) is 0 Å². The van der Waals surface area contributed by atoms with E-state index in [0.717, 1.165) is 32.3 Å². The lowest BCUT2D eigenvalue weighted by molar-refractivity contribution is -0.162. The van der Waals surface area contributed by atoms with E-state index in [4.69, 9.17) is 9.47 Å². The Morgan fingerprint density at radius 3 is 2.87 bits per heavy atom. The summed E-state index contributed by atoms with van der Waals surface area (Å²) in [6.45, 7) is 9.24. The van der Waals surface area contributed by atoms with Crippen molar-refractivity contribution in [3.05, 3.63) is 11.6 Å². The summed E-state index contributed by atoms with van der Waals surface area (Å²) in [5.74, 6) is 0. The maximum Gasteiger partial charge on any atom is 0.158 e. The molecule has 0 aromatic carbocycles. The predicted octanol–water partition coefficient (Wildman–Crippen LogP) is 3.66. The van der Waals surface area contributed by atoms with Crippen LogP contribution >= 0.6 is 0 Å². The summed E-state index contributed by atoms with van der Waals surface area (Å²) < 4.78 is 11.4. The molecule has 0 aromatic rings. The number of hydrogen-bond donors (Lipinski definition) is 0. The van der Waals surface area contributed by atoms with Crippen LogP contribution in [0, 0.1) is 0 Å². The normalized spacial score (nSPS) is 30.5. The van der Waals surface area contributed by atoms with Gasteiger partial charge in [-0.25, -0.2) is 0 Å². The smallest absolute Gasteiger partial charge is 0.158 e. The first-order chi connectivity index (χ1) is 7.06. The van der Waals surface area contributed by atoms with E-state index in [9.17, 15) is 0 Å². The molecule has 1 aliphatic rings. The van der Waals surface area contributed by atoms with Crippen LogP contribution < -0.4 is 0 Å². The molecule has 0 unspecified atom stereocenters. The summed E-state index contributed by atoms with van der Waals surface area (Å²) in [5.41, 5.74) is 1.42. The van der Waals surface area contributed by atoms with E-state index in [1.54, 1.807) is 0 Å². The SMILES string of the molecule is CCO[C@@H]1CC[C@@](C)(CCC=C(C)C)O1. The fraction of sp³-hybridized carbons (Fsp3) is 0.846. The van der Waals surface area contributed by atoms with E-state index in [2.05, 4.69) is 26.8 Å². The van der Waals surface area contributed by atoms with E-state index < -0.39 is 0 Å². The summed E-state index contributed by atoms with van der Waals surface area (Å²) in [7, 11) is 0. The van der Waals surface area contributed by atoms with E-state index in [1.807, 2.05) is 6.92 Å². The fourth-order valence-electron chi connectivity index (χ4n) is 2.01. The Hall–Kier alpha value is -0.340. The number of rotatable bonds is 5. The molecule has 2 atom stereocenters. The van der Waals surface area contributed by atoms with Crippen LogP contribution in [0.4, 0.5) is 0 Å². The van der Waals surface area contributed by atoms with Crippen molar-refractivity contribution in [1.29, 1.82) is 0 Å². The molecule has 0 radical (unpaired) electrons. The van der Waals surface area contributed by atoms with Gasteiger partial charge in [0.1, 0.15) is 0 Å². The van der Waals surface area contributed by atoms with Gasteiger partial charge in [0.15, 0.2) is 6.29 Å². The van der Waals surface area contributed by atoms with Crippen molar-refractivity contribution in [2.45, 2.75) is 65.3 Å². The number of allylic oxidation sites excluding steroid dienone is 2. The minimum atomic E-state index is 0.0335. The van der Waals surface area contributed by atoms with Gasteiger partial charge in [0.25, 0.3) is 0 Å². The third-order valence-corrected chi connectivity index (χ3v) is 2.90. The molecule has 0 aliphatic carbocycles. The Balaban J connectivity index is 2.32. The molecule has 1 fully saturated rings. The van der Waals surface area contributed by atoms with Gasteiger partial charge >= 0.3 is 0 Å². The molecule has 2 nitrogen and oxygen atoms in total. The van der Waals surface area contributed by atoms with Gasteiger partial charge in [-0.3, -0.25) is 0 Å². The molecular formula is C13H24O2. The molecule has 0 bridgehead atoms. The minimum Gasteiger partial charge on any atom is -0.353 e. The largest absolute Gasteiger partial charge is 0.353 e. The van der Waals surface area contributed by atoms with E-state index in [0.29, 0.717) is 0 Å². The van der Waals surface area contributed by atoms with Crippen LogP contribution in [-0.4, -0.2) is 18.5 Å². The maximum absolute atomic E-state index is 5.92. The molecular weight excluding hydrogens is 188 g/mol. The Bertz CT molecular complexity index is 219. The van der Waals surface area contributed by atoms with Crippen LogP contribution in [0.5, 0.6) is 0 Å². The van der Waals surface area contributed by atoms with Gasteiger partial charge in [0.05, 0.1) is 5.60 Å². The zero-order valence-corrected chi connectivity index (χ0v) is 10.5. The van der Waals surface area contributed by atoms with Crippen molar-refractivity contribution in [2.24, 2.45) is 0 Å². The monoisotopic (exact) mass is 212 g/mol. The van der Waals surface area contributed by atoms with Crippen LogP contribution in [0.25, 0.3) is 0 Å². The zero-order chi connectivity index (χ0) is 11.3. The van der Waals surface area contributed by atoms with E-state index >= 15 is 0 Å².